The van der Waals surface area contributed by atoms with Gasteiger partial charge in [-0.2, -0.15) is 0 Å². The van der Waals surface area contributed by atoms with Gasteiger partial charge in [-0.3, -0.25) is 19.2 Å². The number of ether oxygens (including phenoxy) is 8. The maximum absolute atomic E-state index is 14.9. The van der Waals surface area contributed by atoms with Crippen molar-refractivity contribution in [3.63, 3.8) is 0 Å². The molecule has 6 aliphatic carbocycles. The zero-order valence-corrected chi connectivity index (χ0v) is 55.4. The number of fused-ring (bicyclic) bond motifs is 10. The molecule has 2 heterocycles. The number of aliphatic hydroxyl groups is 7. The SMILES string of the molecule is CC(=O)O[C@@]12CO[C@@H]1CC(O)[C@@]1(C)C(=O)[C@H](O)C3=C(C)[C@@H](O)C[C@@](O)([C@@H](OC(=O)c4ccccc4)C12)C3(C)C.CCOC(=O)O[C@H]1C(=O)[C@@]2(C)C([C@H](OC(=O)c3ccccc3)[C@]3(O)C[C@H](O)C(C)=C1C3(C)C)[C@]1(OC(C)=O)CO[C@@H]1C[C@@H]2O.[Cl][Ce]([Cl])[Cl]. The molecule has 0 amide bonds. The molecule has 4 saturated carbocycles. The van der Waals surface area contributed by atoms with Gasteiger partial charge in [0.2, 0.25) is 0 Å². The van der Waals surface area contributed by atoms with Gasteiger partial charge in [-0.05, 0) is 81.2 Å². The van der Waals surface area contributed by atoms with E-state index in [2.05, 4.69) is 0 Å². The number of hydrogen-bond acceptors (Lipinski definition) is 22. The van der Waals surface area contributed by atoms with Gasteiger partial charge in [0.1, 0.15) is 41.7 Å². The molecule has 2 aromatic carbocycles. The van der Waals surface area contributed by atoms with Crippen LogP contribution < -0.4 is 0 Å². The van der Waals surface area contributed by atoms with Gasteiger partial charge in [-0.1, -0.05) is 64.1 Å². The summed E-state index contributed by atoms with van der Waals surface area (Å²) in [6.07, 6.45) is -16.0. The van der Waals surface area contributed by atoms with Gasteiger partial charge < -0.3 is 73.6 Å². The second kappa shape index (κ2) is 25.1. The van der Waals surface area contributed by atoms with Crippen molar-refractivity contribution < 1.29 is 138 Å². The number of carbonyl (C=O) groups excluding carboxylic acids is 7. The van der Waals surface area contributed by atoms with E-state index in [9.17, 15) is 69.3 Å². The molecule has 3 unspecified atom stereocenters. The van der Waals surface area contributed by atoms with Crippen molar-refractivity contribution in [2.75, 3.05) is 19.8 Å². The number of Topliss-reactive ketones (excluding diaryl/α,β-unsaturated/α-hetero) is 2. The molecule has 22 nitrogen and oxygen atoms in total. The quantitative estimate of drug-likeness (QED) is 0.0986. The van der Waals surface area contributed by atoms with Crippen LogP contribution >= 0.6 is 16.9 Å². The third-order valence-electron chi connectivity index (χ3n) is 20.3. The summed E-state index contributed by atoms with van der Waals surface area (Å²) in [4.78, 5) is 94.4. The van der Waals surface area contributed by atoms with Crippen molar-refractivity contribution in [1.29, 1.82) is 0 Å². The number of ketones is 2. The Morgan fingerprint density at radius 1 is 0.598 bits per heavy atom. The van der Waals surface area contributed by atoms with Crippen LogP contribution in [0.25, 0.3) is 0 Å². The third kappa shape index (κ3) is 11.2. The average Bonchev–Trinajstić information content (AvgIpc) is 0.681. The summed E-state index contributed by atoms with van der Waals surface area (Å²) >= 11 is -2.24. The second-order valence-corrected chi connectivity index (χ2v) is 39.2. The van der Waals surface area contributed by atoms with Crippen molar-refractivity contribution >= 4 is 58.5 Å². The number of halogens is 3. The molecule has 10 rings (SSSR count). The van der Waals surface area contributed by atoms with Gasteiger partial charge in [0.15, 0.2) is 28.9 Å². The fourth-order valence-electron chi connectivity index (χ4n) is 15.7. The molecule has 0 radical (unpaired) electrons. The minimum absolute atomic E-state index is 0.0532. The predicted molar refractivity (Wildman–Crippen MR) is 304 cm³/mol. The first-order valence-corrected chi connectivity index (χ1v) is 40.4. The van der Waals surface area contributed by atoms with Crippen LogP contribution in [0, 0.1) is 64.2 Å². The monoisotopic (exact) mass is 1410 g/mol. The summed E-state index contributed by atoms with van der Waals surface area (Å²) in [5.41, 5.74) is 2.12. The number of benzene rings is 2. The van der Waals surface area contributed by atoms with Crippen molar-refractivity contribution in [2.45, 2.75) is 185 Å². The second-order valence-electron chi connectivity index (χ2n) is 25.4. The van der Waals surface area contributed by atoms with E-state index < -0.39 is 189 Å². The Kier molecular flexibility index (Phi) is 19.9. The van der Waals surface area contributed by atoms with E-state index in [4.69, 9.17) is 54.8 Å². The molecule has 26 heteroatoms. The molecule has 2 aliphatic heterocycles. The molecule has 0 spiro atoms. The molecule has 477 valence electrons. The predicted octanol–water partition coefficient (Wildman–Crippen LogP) is 5.41. The summed E-state index contributed by atoms with van der Waals surface area (Å²) in [6, 6.07) is 16.1. The third-order valence-corrected chi connectivity index (χ3v) is 20.3. The van der Waals surface area contributed by atoms with Crippen LogP contribution in [0.1, 0.15) is 123 Å². The summed E-state index contributed by atoms with van der Waals surface area (Å²) in [5.74, 6) is -7.36. The van der Waals surface area contributed by atoms with Crippen molar-refractivity contribution in [3.8, 4) is 0 Å². The number of esters is 4. The summed E-state index contributed by atoms with van der Waals surface area (Å²) in [5, 5.41) is 82.8. The summed E-state index contributed by atoms with van der Waals surface area (Å²) in [7, 11) is 0. The fraction of sp³-hybridized carbons (Fsp3) is 0.623. The molecule has 4 bridgehead atoms. The van der Waals surface area contributed by atoms with Gasteiger partial charge in [0, 0.05) is 50.4 Å². The normalized spacial score (nSPS) is 39.2. The van der Waals surface area contributed by atoms with Crippen molar-refractivity contribution in [1.82, 2.24) is 0 Å². The summed E-state index contributed by atoms with van der Waals surface area (Å²) in [6.45, 7) is 16.0. The Morgan fingerprint density at radius 2 is 0.966 bits per heavy atom. The number of carbonyl (C=O) groups is 7. The van der Waals surface area contributed by atoms with Crippen LogP contribution in [0.3, 0.4) is 0 Å². The molecule has 8 aliphatic rings. The molecule has 6 fully saturated rings. The van der Waals surface area contributed by atoms with Crippen LogP contribution in [0.4, 0.5) is 4.79 Å². The van der Waals surface area contributed by atoms with Crippen LogP contribution in [-0.4, -0.2) is 181 Å². The standard InChI is InChI=1S/C32H40O12.C29H36O10.Ce.3ClH/c1-7-40-28(38)42-23-22-16(2)19(34)14-32(39,29(22,4)5)26(43-27(37)18-11-9-8-10-12-18)24-30(6,25(23)36)20(35)13-21-31(24,15-41-21)44-17(3)33;1-14-17(31)12-29(36)24(38-25(35)16-9-7-6-8-10-16)22-27(5,23(34)21(33)20(14)26(29,3)4)18(32)11-19-28(22,13-37-19)39-15(2)30;;;;/h8-12,19-21,23-24,26,34-35,39H,7,13-15H2,1-6H3;6-10,17-19,21-22,24,31-33,36H,11-13H2,1-5H3;;3*1H/q;;+3;;;/p-3/t19-,20-,21+,23+,24?,26-,30+,31-,32+;17-,18?,19+,21+,22?,24-,27+,28-,29+;;;;/m00..../s1. The van der Waals surface area contributed by atoms with E-state index in [1.165, 1.54) is 52.0 Å². The van der Waals surface area contributed by atoms with Crippen LogP contribution in [0.15, 0.2) is 83.0 Å². The number of rotatable bonds is 8. The molecule has 0 aromatic heterocycles. The van der Waals surface area contributed by atoms with E-state index in [1.54, 1.807) is 84.9 Å². The van der Waals surface area contributed by atoms with Crippen LogP contribution in [0.2, 0.25) is 0 Å². The van der Waals surface area contributed by atoms with E-state index in [1.807, 2.05) is 0 Å². The van der Waals surface area contributed by atoms with Crippen LogP contribution in [-0.2, 0) is 57.1 Å². The molecule has 7 N–H and O–H groups in total. The van der Waals surface area contributed by atoms with E-state index in [0.29, 0.717) is 5.57 Å². The fourth-order valence-corrected chi connectivity index (χ4v) is 15.7. The Balaban J connectivity index is 0.000000214. The van der Waals surface area contributed by atoms with Crippen LogP contribution in [0.5, 0.6) is 0 Å². The molecule has 2 aromatic rings. The Labute approximate surface area is 524 Å². The van der Waals surface area contributed by atoms with E-state index >= 15 is 0 Å². The first-order chi connectivity index (χ1) is 40.4. The zero-order valence-electron chi connectivity index (χ0n) is 50.0. The van der Waals surface area contributed by atoms with E-state index in [-0.39, 0.29) is 73.4 Å². The van der Waals surface area contributed by atoms with Crippen molar-refractivity contribution in [2.24, 2.45) is 33.5 Å². The maximum atomic E-state index is 14.9. The Hall–Kier alpha value is -3.70. The van der Waals surface area contributed by atoms with E-state index in [0.717, 1.165) is 0 Å². The van der Waals surface area contributed by atoms with Gasteiger partial charge in [-0.15, -0.1) is 0 Å². The Bertz CT molecular complexity index is 3100. The minimum atomic E-state index is -2.24. The average molecular weight is 1410 g/mol. The zero-order chi connectivity index (χ0) is 64.7. The molecular formula is C61H76CeCl3O22. The first-order valence-electron chi connectivity index (χ1n) is 28.6. The summed E-state index contributed by atoms with van der Waals surface area (Å²) < 4.78 is 46.3. The van der Waals surface area contributed by atoms with Gasteiger partial charge in [-0.25, -0.2) is 14.4 Å². The molecule has 18 atom stereocenters. The topological polar surface area (TPSA) is 335 Å². The first kappa shape index (κ1) is 69.2. The Morgan fingerprint density at radius 3 is 1.32 bits per heavy atom. The van der Waals surface area contributed by atoms with Gasteiger partial charge in [0.05, 0.1) is 78.0 Å². The molecule has 2 saturated heterocycles. The number of aliphatic hydroxyl groups excluding tert-OH is 5. The van der Waals surface area contributed by atoms with Crippen molar-refractivity contribution in [3.05, 3.63) is 94.1 Å². The molecule has 87 heavy (non-hydrogen) atoms. The van der Waals surface area contributed by atoms with Gasteiger partial charge >= 0.3 is 77.6 Å². The van der Waals surface area contributed by atoms with Gasteiger partial charge in [0.25, 0.3) is 0 Å². The molecular weight excluding hydrogens is 1330 g/mol. The number of hydrogen-bond donors (Lipinski definition) is 7.